The van der Waals surface area contributed by atoms with Crippen LogP contribution < -0.4 is 0 Å². The zero-order valence-electron chi connectivity index (χ0n) is 15.2. The number of carbonyl (C=O) groups is 1. The van der Waals surface area contributed by atoms with E-state index in [2.05, 4.69) is 6.92 Å². The molecular weight excluding hydrogens is 310 g/mol. The first-order chi connectivity index (χ1) is 11.5. The maximum absolute atomic E-state index is 14.0. The van der Waals surface area contributed by atoms with E-state index in [-0.39, 0.29) is 11.7 Å². The van der Waals surface area contributed by atoms with Gasteiger partial charge in [0.25, 0.3) is 0 Å². The van der Waals surface area contributed by atoms with Crippen molar-refractivity contribution in [2.45, 2.75) is 84.7 Å². The number of benzene rings is 1. The second-order valence-electron chi connectivity index (χ2n) is 6.40. The van der Waals surface area contributed by atoms with E-state index < -0.39 is 23.2 Å². The number of rotatable bonds is 11. The molecule has 0 aliphatic carbocycles. The zero-order chi connectivity index (χ0) is 17.9. The Hall–Kier alpha value is -1.45. The fourth-order valence-electron chi connectivity index (χ4n) is 2.73. The lowest BCUT2D eigenvalue weighted by atomic mass is 10.0. The second-order valence-corrected chi connectivity index (χ2v) is 6.40. The predicted molar refractivity (Wildman–Crippen MR) is 93.2 cm³/mol. The molecule has 136 valence electrons. The third-order valence-electron chi connectivity index (χ3n) is 4.35. The molecule has 0 fully saturated rings. The van der Waals surface area contributed by atoms with E-state index in [0.717, 1.165) is 25.3 Å². The van der Waals surface area contributed by atoms with Gasteiger partial charge in [-0.05, 0) is 37.8 Å². The van der Waals surface area contributed by atoms with Crippen LogP contribution in [0.1, 0.15) is 87.6 Å². The summed E-state index contributed by atoms with van der Waals surface area (Å²) < 4.78 is 33.1. The zero-order valence-corrected chi connectivity index (χ0v) is 15.2. The third kappa shape index (κ3) is 6.58. The highest BCUT2D eigenvalue weighted by Gasteiger charge is 2.23. The van der Waals surface area contributed by atoms with Crippen LogP contribution >= 0.6 is 0 Å². The Bertz CT molecular complexity index is 515. The molecular formula is C20H30F2O2. The van der Waals surface area contributed by atoms with E-state index in [4.69, 9.17) is 4.74 Å². The fourth-order valence-corrected chi connectivity index (χ4v) is 2.73. The van der Waals surface area contributed by atoms with Crippen LogP contribution in [0.4, 0.5) is 8.78 Å². The number of unbranched alkanes of at least 4 members (excludes halogenated alkanes) is 6. The Morgan fingerprint density at radius 1 is 1.04 bits per heavy atom. The average molecular weight is 340 g/mol. The summed E-state index contributed by atoms with van der Waals surface area (Å²) in [5.41, 5.74) is -0.337. The maximum atomic E-state index is 14.0. The monoisotopic (exact) mass is 340 g/mol. The summed E-state index contributed by atoms with van der Waals surface area (Å²) in [6, 6.07) is 2.42. The molecule has 1 atom stereocenters. The van der Waals surface area contributed by atoms with E-state index in [1.54, 1.807) is 0 Å². The number of aryl methyl sites for hydroxylation is 1. The molecule has 0 radical (unpaired) electrons. The second kappa shape index (κ2) is 11.2. The Kier molecular flexibility index (Phi) is 9.58. The van der Waals surface area contributed by atoms with Crippen LogP contribution in [-0.4, -0.2) is 12.1 Å². The van der Waals surface area contributed by atoms with Crippen LogP contribution in [0.15, 0.2) is 12.1 Å². The molecule has 0 aliphatic heterocycles. The van der Waals surface area contributed by atoms with Gasteiger partial charge in [0.2, 0.25) is 0 Å². The molecule has 0 spiro atoms. The summed E-state index contributed by atoms with van der Waals surface area (Å²) in [5, 5.41) is 0. The van der Waals surface area contributed by atoms with Gasteiger partial charge in [0.05, 0.1) is 0 Å². The van der Waals surface area contributed by atoms with Crippen LogP contribution in [0.2, 0.25) is 0 Å². The van der Waals surface area contributed by atoms with Gasteiger partial charge in [-0.3, -0.25) is 0 Å². The summed E-state index contributed by atoms with van der Waals surface area (Å²) in [5.74, 6) is -2.59. The molecule has 0 heterocycles. The molecule has 1 rings (SSSR count). The third-order valence-corrected chi connectivity index (χ3v) is 4.35. The summed E-state index contributed by atoms with van der Waals surface area (Å²) in [6.07, 6.45) is 9.39. The summed E-state index contributed by atoms with van der Waals surface area (Å²) in [7, 11) is 0. The SMILES string of the molecule is CCCCCCCCCC(CC)OC(=O)c1c(F)ccc(C)c1F. The van der Waals surface area contributed by atoms with Gasteiger partial charge in [0.1, 0.15) is 23.3 Å². The van der Waals surface area contributed by atoms with Gasteiger partial charge in [-0.25, -0.2) is 13.6 Å². The molecule has 0 saturated heterocycles. The van der Waals surface area contributed by atoms with Crippen molar-refractivity contribution in [3.05, 3.63) is 34.9 Å². The first kappa shape index (κ1) is 20.6. The number of ether oxygens (including phenoxy) is 1. The van der Waals surface area contributed by atoms with E-state index in [9.17, 15) is 13.6 Å². The van der Waals surface area contributed by atoms with Crippen LogP contribution in [0.25, 0.3) is 0 Å². The van der Waals surface area contributed by atoms with Crippen molar-refractivity contribution in [3.63, 3.8) is 0 Å². The Morgan fingerprint density at radius 2 is 1.67 bits per heavy atom. The van der Waals surface area contributed by atoms with E-state index in [1.165, 1.54) is 45.1 Å². The molecule has 4 heteroatoms. The minimum absolute atomic E-state index is 0.239. The van der Waals surface area contributed by atoms with Gasteiger partial charge >= 0.3 is 5.97 Å². The lowest BCUT2D eigenvalue weighted by Gasteiger charge is -2.17. The van der Waals surface area contributed by atoms with Gasteiger partial charge in [-0.15, -0.1) is 0 Å². The quantitative estimate of drug-likeness (QED) is 0.346. The summed E-state index contributed by atoms with van der Waals surface area (Å²) in [4.78, 5) is 12.1. The molecule has 1 aromatic carbocycles. The molecule has 0 saturated carbocycles. The van der Waals surface area contributed by atoms with Gasteiger partial charge in [0, 0.05) is 0 Å². The van der Waals surface area contributed by atoms with Gasteiger partial charge in [0.15, 0.2) is 0 Å². The van der Waals surface area contributed by atoms with E-state index in [0.29, 0.717) is 6.42 Å². The molecule has 2 nitrogen and oxygen atoms in total. The highest BCUT2D eigenvalue weighted by atomic mass is 19.1. The van der Waals surface area contributed by atoms with Gasteiger partial charge in [-0.2, -0.15) is 0 Å². The molecule has 0 N–H and O–H groups in total. The molecule has 0 bridgehead atoms. The molecule has 0 aliphatic rings. The first-order valence-electron chi connectivity index (χ1n) is 9.16. The van der Waals surface area contributed by atoms with Crippen molar-refractivity contribution in [3.8, 4) is 0 Å². The normalized spacial score (nSPS) is 12.2. The van der Waals surface area contributed by atoms with Gasteiger partial charge < -0.3 is 4.74 Å². The predicted octanol–water partition coefficient (Wildman–Crippen LogP) is 6.35. The van der Waals surface area contributed by atoms with Crippen LogP contribution in [-0.2, 0) is 4.74 Å². The first-order valence-corrected chi connectivity index (χ1v) is 9.16. The minimum Gasteiger partial charge on any atom is -0.459 e. The van der Waals surface area contributed by atoms with Crippen LogP contribution in [0, 0.1) is 18.6 Å². The lowest BCUT2D eigenvalue weighted by molar-refractivity contribution is 0.0256. The standard InChI is InChI=1S/C20H30F2O2/c1-4-6-7-8-9-10-11-12-16(5-2)24-20(23)18-17(21)14-13-15(3)19(18)22/h13-14,16H,4-12H2,1-3H3. The van der Waals surface area contributed by atoms with Crippen molar-refractivity contribution in [2.75, 3.05) is 0 Å². The number of esters is 1. The van der Waals surface area contributed by atoms with Crippen LogP contribution in [0.5, 0.6) is 0 Å². The van der Waals surface area contributed by atoms with Crippen molar-refractivity contribution >= 4 is 5.97 Å². The number of halogens is 2. The van der Waals surface area contributed by atoms with Crippen molar-refractivity contribution in [1.82, 2.24) is 0 Å². The smallest absolute Gasteiger partial charge is 0.344 e. The van der Waals surface area contributed by atoms with Gasteiger partial charge in [-0.1, -0.05) is 58.4 Å². The number of hydrogen-bond acceptors (Lipinski definition) is 2. The Labute approximate surface area is 144 Å². The highest BCUT2D eigenvalue weighted by molar-refractivity contribution is 5.90. The molecule has 0 amide bonds. The van der Waals surface area contributed by atoms with Crippen molar-refractivity contribution < 1.29 is 18.3 Å². The number of carbonyl (C=O) groups excluding carboxylic acids is 1. The minimum atomic E-state index is -0.900. The van der Waals surface area contributed by atoms with Crippen LogP contribution in [0.3, 0.4) is 0 Å². The summed E-state index contributed by atoms with van der Waals surface area (Å²) >= 11 is 0. The van der Waals surface area contributed by atoms with Crippen molar-refractivity contribution in [1.29, 1.82) is 0 Å². The Morgan fingerprint density at radius 3 is 2.29 bits per heavy atom. The summed E-state index contributed by atoms with van der Waals surface area (Å²) in [6.45, 7) is 5.61. The lowest BCUT2D eigenvalue weighted by Crippen LogP contribution is -2.20. The number of hydrogen-bond donors (Lipinski definition) is 0. The van der Waals surface area contributed by atoms with Crippen molar-refractivity contribution in [2.24, 2.45) is 0 Å². The molecule has 0 aromatic heterocycles. The topological polar surface area (TPSA) is 26.3 Å². The largest absolute Gasteiger partial charge is 0.459 e. The highest BCUT2D eigenvalue weighted by Crippen LogP contribution is 2.20. The van der Waals surface area contributed by atoms with E-state index >= 15 is 0 Å². The fraction of sp³-hybridized carbons (Fsp3) is 0.650. The molecule has 24 heavy (non-hydrogen) atoms. The average Bonchev–Trinajstić information content (AvgIpc) is 2.56. The molecule has 1 unspecified atom stereocenters. The maximum Gasteiger partial charge on any atom is 0.344 e. The van der Waals surface area contributed by atoms with E-state index in [1.807, 2.05) is 6.92 Å². The molecule has 1 aromatic rings. The Balaban J connectivity index is 2.45.